The van der Waals surface area contributed by atoms with Crippen LogP contribution in [0, 0.1) is 0 Å². The van der Waals surface area contributed by atoms with Crippen molar-refractivity contribution < 1.29 is 19.8 Å². The van der Waals surface area contributed by atoms with Crippen molar-refractivity contribution in [3.8, 4) is 0 Å². The van der Waals surface area contributed by atoms with E-state index >= 15 is 0 Å². The maximum absolute atomic E-state index is 12.4. The van der Waals surface area contributed by atoms with Gasteiger partial charge in [0.2, 0.25) is 11.8 Å². The van der Waals surface area contributed by atoms with E-state index in [0.29, 0.717) is 12.0 Å². The minimum atomic E-state index is -1.08. The van der Waals surface area contributed by atoms with Crippen LogP contribution in [0.1, 0.15) is 44.2 Å². The second-order valence-electron chi connectivity index (χ2n) is 6.69. The van der Waals surface area contributed by atoms with E-state index < -0.39 is 24.3 Å². The third-order valence-corrected chi connectivity index (χ3v) is 4.25. The first kappa shape index (κ1) is 22.1. The summed E-state index contributed by atoms with van der Waals surface area (Å²) in [5.41, 5.74) is 6.49. The number of aliphatic hydroxyl groups excluding tert-OH is 2. The number of nitrogens with one attached hydrogen (secondary N) is 1. The zero-order chi connectivity index (χ0) is 19.7. The Morgan fingerprint density at radius 2 is 1.77 bits per heavy atom. The summed E-state index contributed by atoms with van der Waals surface area (Å²) < 4.78 is 0. The van der Waals surface area contributed by atoms with Crippen molar-refractivity contribution in [2.24, 2.45) is 5.73 Å². The molecule has 1 rings (SSSR count). The molecule has 0 bridgehead atoms. The third-order valence-electron chi connectivity index (χ3n) is 4.25. The van der Waals surface area contributed by atoms with E-state index in [0.717, 1.165) is 6.42 Å². The van der Waals surface area contributed by atoms with Crippen LogP contribution in [0.4, 0.5) is 0 Å². The Balaban J connectivity index is 2.66. The van der Waals surface area contributed by atoms with Crippen molar-refractivity contribution in [2.75, 3.05) is 14.1 Å². The molecule has 2 amide bonds. The van der Waals surface area contributed by atoms with Gasteiger partial charge in [0.25, 0.3) is 0 Å². The highest BCUT2D eigenvalue weighted by Gasteiger charge is 2.26. The average molecular weight is 365 g/mol. The molecule has 0 spiro atoms. The maximum Gasteiger partial charge on any atom is 0.249 e. The number of hydrogen-bond donors (Lipinski definition) is 4. The van der Waals surface area contributed by atoms with Gasteiger partial charge in [0, 0.05) is 26.6 Å². The van der Waals surface area contributed by atoms with Crippen molar-refractivity contribution in [1.29, 1.82) is 0 Å². The number of benzene rings is 1. The van der Waals surface area contributed by atoms with Gasteiger partial charge in [0.05, 0.1) is 12.2 Å². The monoisotopic (exact) mass is 365 g/mol. The fraction of sp³-hybridized carbons (Fsp3) is 0.579. The van der Waals surface area contributed by atoms with Crippen LogP contribution in [0.3, 0.4) is 0 Å². The van der Waals surface area contributed by atoms with Crippen LogP contribution in [0.15, 0.2) is 30.3 Å². The highest BCUT2D eigenvalue weighted by Crippen LogP contribution is 2.16. The molecule has 146 valence electrons. The lowest BCUT2D eigenvalue weighted by Crippen LogP contribution is -2.44. The highest BCUT2D eigenvalue weighted by atomic mass is 16.3. The Labute approximate surface area is 155 Å². The molecular formula is C19H31N3O4. The maximum atomic E-state index is 12.4. The van der Waals surface area contributed by atoms with E-state index in [1.807, 2.05) is 13.0 Å². The smallest absolute Gasteiger partial charge is 0.249 e. The third kappa shape index (κ3) is 6.74. The van der Waals surface area contributed by atoms with Gasteiger partial charge >= 0.3 is 0 Å². The van der Waals surface area contributed by atoms with Crippen LogP contribution >= 0.6 is 0 Å². The number of aliphatic hydroxyl groups is 2. The normalized spacial score (nSPS) is 15.6. The molecular weight excluding hydrogens is 334 g/mol. The summed E-state index contributed by atoms with van der Waals surface area (Å²) in [5.74, 6) is -0.612. The SMILES string of the molecule is CCCC(N)C(O)[C@H](O)CCC(=O)N[C@H](C(=O)N(C)C)c1ccccc1. The van der Waals surface area contributed by atoms with Gasteiger partial charge in [0.1, 0.15) is 6.04 Å². The van der Waals surface area contributed by atoms with Crippen LogP contribution in [-0.2, 0) is 9.59 Å². The van der Waals surface area contributed by atoms with E-state index in [2.05, 4.69) is 5.32 Å². The average Bonchev–Trinajstić information content (AvgIpc) is 2.63. The Hall–Kier alpha value is -1.96. The molecule has 2 unspecified atom stereocenters. The summed E-state index contributed by atoms with van der Waals surface area (Å²) in [6, 6.07) is 7.66. The molecule has 1 aromatic carbocycles. The van der Waals surface area contributed by atoms with Gasteiger partial charge in [0.15, 0.2) is 0 Å². The van der Waals surface area contributed by atoms with Gasteiger partial charge in [-0.1, -0.05) is 43.7 Å². The number of amides is 2. The van der Waals surface area contributed by atoms with Gasteiger partial charge in [-0.15, -0.1) is 0 Å². The van der Waals surface area contributed by atoms with Crippen molar-refractivity contribution >= 4 is 11.8 Å². The molecule has 7 heteroatoms. The number of carbonyl (C=O) groups excluding carboxylic acids is 2. The summed E-state index contributed by atoms with van der Waals surface area (Å²) >= 11 is 0. The summed E-state index contributed by atoms with van der Waals surface area (Å²) in [4.78, 5) is 26.1. The highest BCUT2D eigenvalue weighted by molar-refractivity contribution is 5.88. The zero-order valence-corrected chi connectivity index (χ0v) is 15.8. The van der Waals surface area contributed by atoms with Crippen molar-refractivity contribution in [3.63, 3.8) is 0 Å². The van der Waals surface area contributed by atoms with Gasteiger partial charge in [-0.25, -0.2) is 0 Å². The molecule has 0 heterocycles. The summed E-state index contributed by atoms with van der Waals surface area (Å²) in [7, 11) is 3.25. The Morgan fingerprint density at radius 1 is 1.15 bits per heavy atom. The minimum Gasteiger partial charge on any atom is -0.390 e. The van der Waals surface area contributed by atoms with Crippen LogP contribution in [0.25, 0.3) is 0 Å². The predicted molar refractivity (Wildman–Crippen MR) is 100 cm³/mol. The molecule has 0 aliphatic carbocycles. The van der Waals surface area contributed by atoms with E-state index in [1.165, 1.54) is 4.90 Å². The van der Waals surface area contributed by atoms with Crippen molar-refractivity contribution in [3.05, 3.63) is 35.9 Å². The first-order valence-electron chi connectivity index (χ1n) is 8.95. The lowest BCUT2D eigenvalue weighted by atomic mass is 9.98. The molecule has 1 aromatic rings. The molecule has 4 atom stereocenters. The minimum absolute atomic E-state index is 0.0128. The van der Waals surface area contributed by atoms with E-state index in [1.54, 1.807) is 38.4 Å². The zero-order valence-electron chi connectivity index (χ0n) is 15.8. The summed E-state index contributed by atoms with van der Waals surface area (Å²) in [6.45, 7) is 1.94. The number of nitrogens with two attached hydrogens (primary N) is 1. The molecule has 7 nitrogen and oxygen atoms in total. The van der Waals surface area contributed by atoms with Gasteiger partial charge < -0.3 is 26.2 Å². The fourth-order valence-electron chi connectivity index (χ4n) is 2.66. The molecule has 5 N–H and O–H groups in total. The molecule has 0 saturated carbocycles. The molecule has 0 radical (unpaired) electrons. The van der Waals surface area contributed by atoms with Crippen LogP contribution < -0.4 is 11.1 Å². The number of likely N-dealkylation sites (N-methyl/N-ethyl adjacent to an activating group) is 1. The van der Waals surface area contributed by atoms with Crippen molar-refractivity contribution in [2.45, 2.75) is 56.9 Å². The topological polar surface area (TPSA) is 116 Å². The summed E-state index contributed by atoms with van der Waals surface area (Å²) in [5, 5.41) is 22.7. The molecule has 0 saturated heterocycles. The second-order valence-corrected chi connectivity index (χ2v) is 6.69. The lowest BCUT2D eigenvalue weighted by molar-refractivity contribution is -0.134. The standard InChI is InChI=1S/C19H31N3O4/c1-4-8-14(20)18(25)15(23)11-12-16(24)21-17(19(26)22(2)3)13-9-6-5-7-10-13/h5-7,9-10,14-15,17-18,23,25H,4,8,11-12,20H2,1-3H3,(H,21,24)/t14?,15-,17+,18?/m1/s1. The van der Waals surface area contributed by atoms with Gasteiger partial charge in [-0.05, 0) is 18.4 Å². The quantitative estimate of drug-likeness (QED) is 0.484. The number of nitrogens with zero attached hydrogens (tertiary/aromatic N) is 1. The first-order valence-corrected chi connectivity index (χ1v) is 8.95. The van der Waals surface area contributed by atoms with E-state index in [9.17, 15) is 19.8 Å². The second kappa shape index (κ2) is 10.9. The number of hydrogen-bond acceptors (Lipinski definition) is 5. The van der Waals surface area contributed by atoms with Crippen LogP contribution in [-0.4, -0.2) is 59.3 Å². The largest absolute Gasteiger partial charge is 0.390 e. The number of carbonyl (C=O) groups is 2. The van der Waals surface area contributed by atoms with E-state index in [4.69, 9.17) is 5.73 Å². The van der Waals surface area contributed by atoms with E-state index in [-0.39, 0.29) is 24.7 Å². The Kier molecular flexibility index (Phi) is 9.26. The van der Waals surface area contributed by atoms with Crippen LogP contribution in [0.5, 0.6) is 0 Å². The van der Waals surface area contributed by atoms with Crippen molar-refractivity contribution in [1.82, 2.24) is 10.2 Å². The predicted octanol–water partition coefficient (Wildman–Crippen LogP) is 0.562. The van der Waals surface area contributed by atoms with Crippen LogP contribution in [0.2, 0.25) is 0 Å². The molecule has 0 aliphatic rings. The molecule has 0 aliphatic heterocycles. The molecule has 26 heavy (non-hydrogen) atoms. The Morgan fingerprint density at radius 3 is 2.31 bits per heavy atom. The lowest BCUT2D eigenvalue weighted by Gasteiger charge is -2.24. The molecule has 0 aromatic heterocycles. The molecule has 0 fully saturated rings. The number of rotatable bonds is 10. The first-order chi connectivity index (χ1) is 12.3. The fourth-order valence-corrected chi connectivity index (χ4v) is 2.66. The summed E-state index contributed by atoms with van der Waals surface area (Å²) in [6.07, 6.45) is -0.698. The Bertz CT molecular complexity index is 565. The van der Waals surface area contributed by atoms with Gasteiger partial charge in [-0.2, -0.15) is 0 Å². The van der Waals surface area contributed by atoms with Gasteiger partial charge in [-0.3, -0.25) is 9.59 Å².